The highest BCUT2D eigenvalue weighted by Crippen LogP contribution is 2.38. The summed E-state index contributed by atoms with van der Waals surface area (Å²) in [4.78, 5) is 24.9. The van der Waals surface area contributed by atoms with Crippen LogP contribution in [-0.4, -0.2) is 25.5 Å². The maximum atomic E-state index is 12.6. The summed E-state index contributed by atoms with van der Waals surface area (Å²) in [6, 6.07) is 5.34. The quantitative estimate of drug-likeness (QED) is 0.859. The van der Waals surface area contributed by atoms with Crippen LogP contribution in [0.2, 0.25) is 0 Å². The first-order valence-corrected chi connectivity index (χ1v) is 6.78. The van der Waals surface area contributed by atoms with E-state index in [1.54, 1.807) is 17.0 Å². The predicted molar refractivity (Wildman–Crippen MR) is 78.0 cm³/mol. The molecule has 0 bridgehead atoms. The van der Waals surface area contributed by atoms with Crippen LogP contribution < -0.4 is 15.0 Å². The van der Waals surface area contributed by atoms with Crippen molar-refractivity contribution in [3.63, 3.8) is 0 Å². The van der Waals surface area contributed by atoms with E-state index < -0.39 is 5.41 Å². The van der Waals surface area contributed by atoms with Gasteiger partial charge in [-0.05, 0) is 32.4 Å². The zero-order valence-corrected chi connectivity index (χ0v) is 12.1. The Hall–Kier alpha value is -2.04. The van der Waals surface area contributed by atoms with Gasteiger partial charge in [0.1, 0.15) is 12.4 Å². The molecule has 0 aliphatic carbocycles. The molecule has 1 heterocycles. The molecule has 0 radical (unpaired) electrons. The van der Waals surface area contributed by atoms with Crippen molar-refractivity contribution < 1.29 is 14.3 Å². The van der Waals surface area contributed by atoms with Crippen LogP contribution in [0.25, 0.3) is 0 Å². The number of hydrogen-bond donors (Lipinski definition) is 1. The summed E-state index contributed by atoms with van der Waals surface area (Å²) in [6.45, 7) is 6.78. The summed E-state index contributed by atoms with van der Waals surface area (Å²) >= 11 is 0. The second-order valence-corrected chi connectivity index (χ2v) is 5.57. The van der Waals surface area contributed by atoms with Gasteiger partial charge in [-0.3, -0.25) is 9.59 Å². The Morgan fingerprint density at radius 3 is 2.85 bits per heavy atom. The molecule has 0 saturated carbocycles. The first kappa shape index (κ1) is 14.4. The molecular weight excluding hydrogens is 256 g/mol. The third-order valence-corrected chi connectivity index (χ3v) is 3.34. The molecule has 0 spiro atoms. The van der Waals surface area contributed by atoms with Gasteiger partial charge in [0.25, 0.3) is 0 Å². The molecule has 0 fully saturated rings. The highest BCUT2D eigenvalue weighted by molar-refractivity contribution is 5.99. The van der Waals surface area contributed by atoms with Crippen LogP contribution in [0.4, 0.5) is 11.4 Å². The van der Waals surface area contributed by atoms with Crippen LogP contribution in [0.1, 0.15) is 27.2 Å². The van der Waals surface area contributed by atoms with Crippen molar-refractivity contribution >= 4 is 23.7 Å². The molecule has 1 aliphatic rings. The highest BCUT2D eigenvalue weighted by Gasteiger charge is 2.37. The number of benzene rings is 1. The Morgan fingerprint density at radius 2 is 2.20 bits per heavy atom. The number of rotatable bonds is 4. The minimum atomic E-state index is -0.563. The van der Waals surface area contributed by atoms with Gasteiger partial charge < -0.3 is 15.0 Å². The molecule has 2 amide bonds. The van der Waals surface area contributed by atoms with E-state index in [1.165, 1.54) is 0 Å². The van der Waals surface area contributed by atoms with E-state index in [1.807, 2.05) is 26.8 Å². The molecule has 20 heavy (non-hydrogen) atoms. The number of nitrogens with one attached hydrogen (secondary N) is 1. The first-order chi connectivity index (χ1) is 9.49. The number of carbonyl (C=O) groups is 2. The smallest absolute Gasteiger partial charge is 0.236 e. The first-order valence-electron chi connectivity index (χ1n) is 6.78. The van der Waals surface area contributed by atoms with Gasteiger partial charge in [0.2, 0.25) is 12.3 Å². The highest BCUT2D eigenvalue weighted by atomic mass is 16.5. The largest absolute Gasteiger partial charge is 0.490 e. The Balaban J connectivity index is 2.45. The Bertz CT molecular complexity index is 526. The zero-order chi connectivity index (χ0) is 14.8. The third kappa shape index (κ3) is 2.61. The van der Waals surface area contributed by atoms with Crippen molar-refractivity contribution in [3.8, 4) is 5.75 Å². The van der Waals surface area contributed by atoms with Gasteiger partial charge in [0.05, 0.1) is 11.1 Å². The molecule has 5 heteroatoms. The van der Waals surface area contributed by atoms with Gasteiger partial charge in [-0.25, -0.2) is 0 Å². The lowest BCUT2D eigenvalue weighted by Gasteiger charge is -2.27. The van der Waals surface area contributed by atoms with Crippen LogP contribution in [-0.2, 0) is 9.59 Å². The predicted octanol–water partition coefficient (Wildman–Crippen LogP) is 2.42. The minimum absolute atomic E-state index is 0.0641. The van der Waals surface area contributed by atoms with E-state index in [0.29, 0.717) is 31.0 Å². The van der Waals surface area contributed by atoms with Crippen LogP contribution in [0.3, 0.4) is 0 Å². The molecular formula is C15H20N2O3. The summed E-state index contributed by atoms with van der Waals surface area (Å²) in [5, 5.41) is 2.59. The van der Waals surface area contributed by atoms with E-state index in [0.717, 1.165) is 12.1 Å². The lowest BCUT2D eigenvalue weighted by molar-refractivity contribution is -0.127. The van der Waals surface area contributed by atoms with E-state index >= 15 is 0 Å². The van der Waals surface area contributed by atoms with Crippen molar-refractivity contribution in [2.45, 2.75) is 27.2 Å². The molecule has 0 saturated heterocycles. The number of fused-ring (bicyclic) bond motifs is 1. The number of hydrogen-bond acceptors (Lipinski definition) is 3. The molecule has 108 valence electrons. The van der Waals surface area contributed by atoms with E-state index in [-0.39, 0.29) is 5.91 Å². The second-order valence-electron chi connectivity index (χ2n) is 5.57. The van der Waals surface area contributed by atoms with E-state index in [9.17, 15) is 9.59 Å². The number of carbonyl (C=O) groups excluding carboxylic acids is 2. The molecule has 1 N–H and O–H groups in total. The van der Waals surface area contributed by atoms with E-state index in [4.69, 9.17) is 4.74 Å². The number of ether oxygens (including phenoxy) is 1. The number of nitrogens with zero attached hydrogens (tertiary/aromatic N) is 1. The molecule has 2 rings (SSSR count). The summed E-state index contributed by atoms with van der Waals surface area (Å²) in [5.74, 6) is 0.693. The fourth-order valence-corrected chi connectivity index (χ4v) is 2.25. The van der Waals surface area contributed by atoms with Crippen LogP contribution in [0.15, 0.2) is 18.2 Å². The van der Waals surface area contributed by atoms with Crippen LogP contribution >= 0.6 is 0 Å². The summed E-state index contributed by atoms with van der Waals surface area (Å²) < 4.78 is 5.78. The summed E-state index contributed by atoms with van der Waals surface area (Å²) in [6.07, 6.45) is 1.49. The molecule has 1 aliphatic heterocycles. The third-order valence-electron chi connectivity index (χ3n) is 3.34. The average Bonchev–Trinajstić information content (AvgIpc) is 2.50. The van der Waals surface area contributed by atoms with Crippen LogP contribution in [0, 0.1) is 5.41 Å². The Labute approximate surface area is 118 Å². The normalized spacial score (nSPS) is 16.9. The standard InChI is InChI=1S/C15H20N2O3/c1-4-7-17-12-6-5-11(16-10-18)8-13(12)20-9-15(2,3)14(17)19/h5-6,8,10H,4,7,9H2,1-3H3,(H,16,18). The fourth-order valence-electron chi connectivity index (χ4n) is 2.25. The maximum absolute atomic E-state index is 12.6. The van der Waals surface area contributed by atoms with Crippen molar-refractivity contribution in [1.29, 1.82) is 0 Å². The molecule has 0 aromatic heterocycles. The van der Waals surface area contributed by atoms with E-state index in [2.05, 4.69) is 5.32 Å². The van der Waals surface area contributed by atoms with Gasteiger partial charge in [0, 0.05) is 18.3 Å². The van der Waals surface area contributed by atoms with Crippen molar-refractivity contribution in [1.82, 2.24) is 0 Å². The summed E-state index contributed by atoms with van der Waals surface area (Å²) in [5.41, 5.74) is 0.855. The molecule has 5 nitrogen and oxygen atoms in total. The van der Waals surface area contributed by atoms with Crippen molar-refractivity contribution in [3.05, 3.63) is 18.2 Å². The molecule has 0 unspecified atom stereocenters. The zero-order valence-electron chi connectivity index (χ0n) is 12.1. The SMILES string of the molecule is CCCN1C(=O)C(C)(C)COc2cc(NC=O)ccc21. The van der Waals surface area contributed by atoms with Crippen molar-refractivity contribution in [2.24, 2.45) is 5.41 Å². The fraction of sp³-hybridized carbons (Fsp3) is 0.467. The lowest BCUT2D eigenvalue weighted by atomic mass is 9.93. The molecule has 1 aromatic rings. The van der Waals surface area contributed by atoms with Crippen molar-refractivity contribution in [2.75, 3.05) is 23.4 Å². The maximum Gasteiger partial charge on any atom is 0.236 e. The summed E-state index contributed by atoms with van der Waals surface area (Å²) in [7, 11) is 0. The van der Waals surface area contributed by atoms with Gasteiger partial charge in [-0.2, -0.15) is 0 Å². The Kier molecular flexibility index (Phi) is 3.97. The Morgan fingerprint density at radius 1 is 1.45 bits per heavy atom. The molecule has 1 aromatic carbocycles. The second kappa shape index (κ2) is 5.53. The lowest BCUT2D eigenvalue weighted by Crippen LogP contribution is -2.42. The van der Waals surface area contributed by atoms with Crippen LogP contribution in [0.5, 0.6) is 5.75 Å². The minimum Gasteiger partial charge on any atom is -0.490 e. The van der Waals surface area contributed by atoms with Gasteiger partial charge in [-0.1, -0.05) is 6.92 Å². The number of anilines is 2. The molecule has 0 atom stereocenters. The average molecular weight is 276 g/mol. The van der Waals surface area contributed by atoms with Gasteiger partial charge in [-0.15, -0.1) is 0 Å². The van der Waals surface area contributed by atoms with Gasteiger partial charge >= 0.3 is 0 Å². The number of amides is 2. The topological polar surface area (TPSA) is 58.6 Å². The van der Waals surface area contributed by atoms with Gasteiger partial charge in [0.15, 0.2) is 0 Å². The monoisotopic (exact) mass is 276 g/mol.